The van der Waals surface area contributed by atoms with Crippen LogP contribution in [0.15, 0.2) is 53.8 Å². The van der Waals surface area contributed by atoms with Gasteiger partial charge in [-0.1, -0.05) is 36.0 Å². The summed E-state index contributed by atoms with van der Waals surface area (Å²) >= 11 is 1.41. The Hall–Kier alpha value is -2.86. The number of anilines is 1. The van der Waals surface area contributed by atoms with E-state index in [2.05, 4.69) is 26.3 Å². The highest BCUT2D eigenvalue weighted by Crippen LogP contribution is 2.29. The number of nitrogens with one attached hydrogen (secondary N) is 2. The summed E-state index contributed by atoms with van der Waals surface area (Å²) in [6, 6.07) is 14.0. The van der Waals surface area contributed by atoms with Gasteiger partial charge in [-0.25, -0.2) is 9.97 Å². The third-order valence-electron chi connectivity index (χ3n) is 4.10. The maximum atomic E-state index is 12.3. The largest absolute Gasteiger partial charge is 0.351 e. The fourth-order valence-electron chi connectivity index (χ4n) is 3.11. The molecular formula is C20H18N4OS. The van der Waals surface area contributed by atoms with E-state index in [4.69, 9.17) is 0 Å². The normalized spacial score (nSPS) is 11.2. The summed E-state index contributed by atoms with van der Waals surface area (Å²) in [6.07, 6.45) is 1.55. The van der Waals surface area contributed by atoms with Crippen molar-refractivity contribution in [3.05, 3.63) is 59.9 Å². The zero-order valence-electron chi connectivity index (χ0n) is 14.5. The zero-order valence-corrected chi connectivity index (χ0v) is 15.4. The molecule has 0 aliphatic heterocycles. The molecule has 2 aromatic carbocycles. The summed E-state index contributed by atoms with van der Waals surface area (Å²) in [7, 11) is 0. The minimum Gasteiger partial charge on any atom is -0.351 e. The molecule has 130 valence electrons. The molecule has 0 saturated carbocycles. The molecule has 0 spiro atoms. The molecule has 5 nitrogen and oxygen atoms in total. The standard InChI is InChI=1S/C20H18N4OS/c1-12-7-13(2)9-14(8-12)23-17(25)10-26-20-19-18(21-11-22-20)15-5-3-4-6-16(15)24-19/h3-9,11,24H,10H2,1-2H3,(H,23,25). The van der Waals surface area contributed by atoms with Gasteiger partial charge in [0.15, 0.2) is 0 Å². The average molecular weight is 362 g/mol. The minimum absolute atomic E-state index is 0.0529. The summed E-state index contributed by atoms with van der Waals surface area (Å²) in [5.41, 5.74) is 5.86. The fraction of sp³-hybridized carbons (Fsp3) is 0.150. The number of carbonyl (C=O) groups excluding carboxylic acids is 1. The molecule has 26 heavy (non-hydrogen) atoms. The number of fused-ring (bicyclic) bond motifs is 3. The molecular weight excluding hydrogens is 344 g/mol. The van der Waals surface area contributed by atoms with Gasteiger partial charge in [0, 0.05) is 16.6 Å². The molecule has 2 heterocycles. The number of aromatic nitrogens is 3. The topological polar surface area (TPSA) is 70.7 Å². The lowest BCUT2D eigenvalue weighted by atomic mass is 10.1. The van der Waals surface area contributed by atoms with Gasteiger partial charge in [0.1, 0.15) is 16.9 Å². The van der Waals surface area contributed by atoms with Gasteiger partial charge in [-0.2, -0.15) is 0 Å². The summed E-state index contributed by atoms with van der Waals surface area (Å²) in [6.45, 7) is 4.04. The third-order valence-corrected chi connectivity index (χ3v) is 5.09. The van der Waals surface area contributed by atoms with E-state index in [0.29, 0.717) is 0 Å². The van der Waals surface area contributed by atoms with Crippen LogP contribution in [-0.4, -0.2) is 26.6 Å². The molecule has 2 aromatic heterocycles. The number of benzene rings is 2. The SMILES string of the molecule is Cc1cc(C)cc(NC(=O)CSc2ncnc3c2[nH]c2ccccc23)c1. The second kappa shape index (κ2) is 6.80. The second-order valence-electron chi connectivity index (χ2n) is 6.29. The van der Waals surface area contributed by atoms with Crippen molar-refractivity contribution in [2.45, 2.75) is 18.9 Å². The number of carbonyl (C=O) groups is 1. The van der Waals surface area contributed by atoms with Crippen molar-refractivity contribution in [3.8, 4) is 0 Å². The molecule has 0 saturated heterocycles. The van der Waals surface area contributed by atoms with Crippen molar-refractivity contribution < 1.29 is 4.79 Å². The Morgan fingerprint density at radius 1 is 1.12 bits per heavy atom. The number of amides is 1. The van der Waals surface area contributed by atoms with Crippen LogP contribution >= 0.6 is 11.8 Å². The van der Waals surface area contributed by atoms with Gasteiger partial charge in [0.05, 0.1) is 11.3 Å². The van der Waals surface area contributed by atoms with E-state index >= 15 is 0 Å². The van der Waals surface area contributed by atoms with Crippen LogP contribution < -0.4 is 5.32 Å². The number of para-hydroxylation sites is 1. The second-order valence-corrected chi connectivity index (χ2v) is 7.25. The molecule has 0 fully saturated rings. The van der Waals surface area contributed by atoms with Gasteiger partial charge in [0.25, 0.3) is 0 Å². The third kappa shape index (κ3) is 3.28. The van der Waals surface area contributed by atoms with Crippen molar-refractivity contribution in [3.63, 3.8) is 0 Å². The van der Waals surface area contributed by atoms with E-state index in [1.54, 1.807) is 6.33 Å². The minimum atomic E-state index is -0.0529. The van der Waals surface area contributed by atoms with E-state index in [-0.39, 0.29) is 11.7 Å². The van der Waals surface area contributed by atoms with Crippen molar-refractivity contribution in [2.75, 3.05) is 11.1 Å². The van der Waals surface area contributed by atoms with Crippen LogP contribution in [0.25, 0.3) is 21.9 Å². The molecule has 4 aromatic rings. The first-order valence-electron chi connectivity index (χ1n) is 8.32. The lowest BCUT2D eigenvalue weighted by Gasteiger charge is -2.07. The van der Waals surface area contributed by atoms with Crippen molar-refractivity contribution in [1.82, 2.24) is 15.0 Å². The van der Waals surface area contributed by atoms with Gasteiger partial charge in [0.2, 0.25) is 5.91 Å². The van der Waals surface area contributed by atoms with E-state index in [1.165, 1.54) is 11.8 Å². The van der Waals surface area contributed by atoms with Gasteiger partial charge in [-0.15, -0.1) is 0 Å². The Kier molecular flexibility index (Phi) is 4.34. The first-order chi connectivity index (χ1) is 12.6. The van der Waals surface area contributed by atoms with Crippen LogP contribution in [0, 0.1) is 13.8 Å². The maximum absolute atomic E-state index is 12.3. The highest BCUT2D eigenvalue weighted by atomic mass is 32.2. The maximum Gasteiger partial charge on any atom is 0.234 e. The average Bonchev–Trinajstić information content (AvgIpc) is 2.98. The van der Waals surface area contributed by atoms with Crippen LogP contribution in [0.3, 0.4) is 0 Å². The summed E-state index contributed by atoms with van der Waals surface area (Å²) in [5, 5.41) is 4.80. The van der Waals surface area contributed by atoms with E-state index in [0.717, 1.165) is 43.8 Å². The predicted octanol–water partition coefficient (Wildman–Crippen LogP) is 4.46. The van der Waals surface area contributed by atoms with Crippen molar-refractivity contribution in [1.29, 1.82) is 0 Å². The summed E-state index contributed by atoms with van der Waals surface area (Å²) in [5.74, 6) is 0.233. The molecule has 0 bridgehead atoms. The smallest absolute Gasteiger partial charge is 0.234 e. The van der Waals surface area contributed by atoms with Crippen LogP contribution in [0.4, 0.5) is 5.69 Å². The molecule has 2 N–H and O–H groups in total. The molecule has 1 amide bonds. The number of hydrogen-bond donors (Lipinski definition) is 2. The van der Waals surface area contributed by atoms with E-state index in [9.17, 15) is 4.79 Å². The number of hydrogen-bond acceptors (Lipinski definition) is 4. The van der Waals surface area contributed by atoms with Gasteiger partial charge >= 0.3 is 0 Å². The van der Waals surface area contributed by atoms with E-state index in [1.807, 2.05) is 50.2 Å². The Morgan fingerprint density at radius 2 is 1.88 bits per heavy atom. The lowest BCUT2D eigenvalue weighted by Crippen LogP contribution is -2.14. The molecule has 6 heteroatoms. The van der Waals surface area contributed by atoms with Crippen molar-refractivity contribution in [2.24, 2.45) is 0 Å². The summed E-state index contributed by atoms with van der Waals surface area (Å²) in [4.78, 5) is 24.4. The zero-order chi connectivity index (χ0) is 18.1. The van der Waals surface area contributed by atoms with Crippen LogP contribution in [0.1, 0.15) is 11.1 Å². The molecule has 4 rings (SSSR count). The molecule has 0 atom stereocenters. The predicted molar refractivity (Wildman–Crippen MR) is 107 cm³/mol. The van der Waals surface area contributed by atoms with Crippen molar-refractivity contribution >= 4 is 45.3 Å². The number of H-pyrrole nitrogens is 1. The van der Waals surface area contributed by atoms with Gasteiger partial charge in [-0.3, -0.25) is 4.79 Å². The Labute approximate surface area is 155 Å². The Balaban J connectivity index is 1.53. The lowest BCUT2D eigenvalue weighted by molar-refractivity contribution is -0.113. The first kappa shape index (κ1) is 16.6. The van der Waals surface area contributed by atoms with Crippen LogP contribution in [0.5, 0.6) is 0 Å². The first-order valence-corrected chi connectivity index (χ1v) is 9.31. The molecule has 0 aliphatic carbocycles. The Bertz CT molecular complexity index is 1100. The molecule has 0 aliphatic rings. The summed E-state index contributed by atoms with van der Waals surface area (Å²) < 4.78 is 0. The fourth-order valence-corrected chi connectivity index (χ4v) is 3.86. The number of aryl methyl sites for hydroxylation is 2. The van der Waals surface area contributed by atoms with Gasteiger partial charge < -0.3 is 10.3 Å². The number of thioether (sulfide) groups is 1. The monoisotopic (exact) mass is 362 g/mol. The number of nitrogens with zero attached hydrogens (tertiary/aromatic N) is 2. The quantitative estimate of drug-likeness (QED) is 0.415. The highest BCUT2D eigenvalue weighted by Gasteiger charge is 2.12. The van der Waals surface area contributed by atoms with Gasteiger partial charge in [-0.05, 0) is 43.2 Å². The number of aromatic amines is 1. The van der Waals surface area contributed by atoms with Crippen LogP contribution in [0.2, 0.25) is 0 Å². The number of rotatable bonds is 4. The Morgan fingerprint density at radius 3 is 2.69 bits per heavy atom. The molecule has 0 unspecified atom stereocenters. The highest BCUT2D eigenvalue weighted by molar-refractivity contribution is 8.00. The van der Waals surface area contributed by atoms with E-state index < -0.39 is 0 Å². The van der Waals surface area contributed by atoms with Crippen LogP contribution in [-0.2, 0) is 4.79 Å². The molecule has 0 radical (unpaired) electrons.